The molecule has 0 amide bonds. The van der Waals surface area contributed by atoms with E-state index in [0.717, 1.165) is 5.92 Å². The van der Waals surface area contributed by atoms with Crippen LogP contribution in [-0.4, -0.2) is 25.1 Å². The number of hydrogen-bond acceptors (Lipinski definition) is 2. The zero-order valence-corrected chi connectivity index (χ0v) is 7.54. The second-order valence-electron chi connectivity index (χ2n) is 2.97. The van der Waals surface area contributed by atoms with Gasteiger partial charge in [0.25, 0.3) is 0 Å². The summed E-state index contributed by atoms with van der Waals surface area (Å²) in [5.41, 5.74) is 0. The smallest absolute Gasteiger partial charge is 0.00553 e. The maximum Gasteiger partial charge on any atom is 0.00553 e. The lowest BCUT2D eigenvalue weighted by Gasteiger charge is -2.00. The SMILES string of the molecule is CSCCNCCC1CC1. The van der Waals surface area contributed by atoms with Crippen LogP contribution < -0.4 is 5.32 Å². The minimum absolute atomic E-state index is 1.08. The quantitative estimate of drug-likeness (QED) is 0.592. The summed E-state index contributed by atoms with van der Waals surface area (Å²) in [6, 6.07) is 0. The summed E-state index contributed by atoms with van der Waals surface area (Å²) in [5.74, 6) is 2.34. The van der Waals surface area contributed by atoms with Gasteiger partial charge < -0.3 is 5.32 Å². The third-order valence-electron chi connectivity index (χ3n) is 1.91. The van der Waals surface area contributed by atoms with E-state index in [9.17, 15) is 0 Å². The Hall–Kier alpha value is 0.310. The Labute approximate surface area is 68.0 Å². The lowest BCUT2D eigenvalue weighted by molar-refractivity contribution is 0.633. The molecule has 0 spiro atoms. The highest BCUT2D eigenvalue weighted by atomic mass is 32.2. The second kappa shape index (κ2) is 5.03. The lowest BCUT2D eigenvalue weighted by atomic mass is 10.3. The summed E-state index contributed by atoms with van der Waals surface area (Å²) in [4.78, 5) is 0. The zero-order chi connectivity index (χ0) is 7.23. The Kier molecular flexibility index (Phi) is 4.23. The van der Waals surface area contributed by atoms with Crippen LogP contribution in [0.5, 0.6) is 0 Å². The number of hydrogen-bond donors (Lipinski definition) is 1. The summed E-state index contributed by atoms with van der Waals surface area (Å²) >= 11 is 1.91. The highest BCUT2D eigenvalue weighted by Crippen LogP contribution is 2.31. The predicted octanol–water partition coefficient (Wildman–Crippen LogP) is 1.74. The van der Waals surface area contributed by atoms with Crippen molar-refractivity contribution in [2.45, 2.75) is 19.3 Å². The third-order valence-corrected chi connectivity index (χ3v) is 2.52. The fourth-order valence-electron chi connectivity index (χ4n) is 1.01. The molecular weight excluding hydrogens is 142 g/mol. The fraction of sp³-hybridized carbons (Fsp3) is 1.00. The van der Waals surface area contributed by atoms with E-state index >= 15 is 0 Å². The summed E-state index contributed by atoms with van der Waals surface area (Å²) in [7, 11) is 0. The molecule has 1 fully saturated rings. The van der Waals surface area contributed by atoms with Crippen LogP contribution in [-0.2, 0) is 0 Å². The summed E-state index contributed by atoms with van der Waals surface area (Å²) in [6.07, 6.45) is 6.55. The molecule has 1 N–H and O–H groups in total. The van der Waals surface area contributed by atoms with Crippen molar-refractivity contribution in [2.24, 2.45) is 5.92 Å². The molecule has 0 heterocycles. The van der Waals surface area contributed by atoms with Crippen LogP contribution in [0.15, 0.2) is 0 Å². The molecule has 0 aliphatic heterocycles. The molecule has 60 valence electrons. The molecule has 0 aromatic carbocycles. The van der Waals surface area contributed by atoms with E-state index in [4.69, 9.17) is 0 Å². The molecule has 1 nitrogen and oxygen atoms in total. The van der Waals surface area contributed by atoms with Gasteiger partial charge in [0.05, 0.1) is 0 Å². The van der Waals surface area contributed by atoms with Gasteiger partial charge in [-0.2, -0.15) is 11.8 Å². The maximum atomic E-state index is 3.44. The van der Waals surface area contributed by atoms with Crippen LogP contribution in [0, 0.1) is 5.92 Å². The van der Waals surface area contributed by atoms with Crippen LogP contribution in [0.25, 0.3) is 0 Å². The minimum Gasteiger partial charge on any atom is -0.316 e. The molecule has 0 saturated heterocycles. The van der Waals surface area contributed by atoms with E-state index < -0.39 is 0 Å². The van der Waals surface area contributed by atoms with Crippen LogP contribution in [0.2, 0.25) is 0 Å². The monoisotopic (exact) mass is 159 g/mol. The Morgan fingerprint density at radius 1 is 1.40 bits per heavy atom. The number of thioether (sulfide) groups is 1. The first kappa shape index (κ1) is 8.41. The van der Waals surface area contributed by atoms with Crippen LogP contribution in [0.4, 0.5) is 0 Å². The van der Waals surface area contributed by atoms with Gasteiger partial charge >= 0.3 is 0 Å². The van der Waals surface area contributed by atoms with Gasteiger partial charge in [-0.15, -0.1) is 0 Å². The van der Waals surface area contributed by atoms with Gasteiger partial charge in [0, 0.05) is 12.3 Å². The minimum atomic E-state index is 1.08. The molecule has 0 aromatic heterocycles. The molecule has 0 unspecified atom stereocenters. The molecule has 1 rings (SSSR count). The van der Waals surface area contributed by atoms with Crippen LogP contribution in [0.1, 0.15) is 19.3 Å². The van der Waals surface area contributed by atoms with Gasteiger partial charge in [-0.25, -0.2) is 0 Å². The predicted molar refractivity (Wildman–Crippen MR) is 48.6 cm³/mol. The maximum absolute atomic E-state index is 3.44. The molecule has 0 aromatic rings. The summed E-state index contributed by atoms with van der Waals surface area (Å²) in [5, 5.41) is 3.44. The van der Waals surface area contributed by atoms with Gasteiger partial charge in [-0.1, -0.05) is 12.8 Å². The highest BCUT2D eigenvalue weighted by molar-refractivity contribution is 7.98. The Morgan fingerprint density at radius 2 is 2.20 bits per heavy atom. The molecule has 1 aliphatic rings. The standard InChI is InChI=1S/C8H17NS/c1-10-7-6-9-5-4-8-2-3-8/h8-9H,2-7H2,1H3. The topological polar surface area (TPSA) is 12.0 Å². The average Bonchev–Trinajstić information content (AvgIpc) is 2.71. The van der Waals surface area contributed by atoms with Crippen molar-refractivity contribution in [3.05, 3.63) is 0 Å². The third kappa shape index (κ3) is 4.18. The van der Waals surface area contributed by atoms with Crippen molar-refractivity contribution in [2.75, 3.05) is 25.1 Å². The summed E-state index contributed by atoms with van der Waals surface area (Å²) < 4.78 is 0. The van der Waals surface area contributed by atoms with Crippen LogP contribution >= 0.6 is 11.8 Å². The van der Waals surface area contributed by atoms with Crippen molar-refractivity contribution in [1.82, 2.24) is 5.32 Å². The van der Waals surface area contributed by atoms with Crippen molar-refractivity contribution >= 4 is 11.8 Å². The highest BCUT2D eigenvalue weighted by Gasteiger charge is 2.19. The van der Waals surface area contributed by atoms with Crippen LogP contribution in [0.3, 0.4) is 0 Å². The molecule has 1 aliphatic carbocycles. The largest absolute Gasteiger partial charge is 0.316 e. The number of nitrogens with one attached hydrogen (secondary N) is 1. The Balaban J connectivity index is 1.68. The Bertz CT molecular complexity index is 81.3. The second-order valence-corrected chi connectivity index (χ2v) is 3.96. The van der Waals surface area contributed by atoms with E-state index in [0.29, 0.717) is 0 Å². The van der Waals surface area contributed by atoms with E-state index in [1.54, 1.807) is 0 Å². The van der Waals surface area contributed by atoms with E-state index in [-0.39, 0.29) is 0 Å². The first-order valence-electron chi connectivity index (χ1n) is 4.13. The van der Waals surface area contributed by atoms with E-state index in [1.165, 1.54) is 38.1 Å². The normalized spacial score (nSPS) is 17.7. The van der Waals surface area contributed by atoms with Crippen molar-refractivity contribution in [3.63, 3.8) is 0 Å². The summed E-state index contributed by atoms with van der Waals surface area (Å²) in [6.45, 7) is 2.43. The van der Waals surface area contributed by atoms with Gasteiger partial charge in [0.1, 0.15) is 0 Å². The Morgan fingerprint density at radius 3 is 2.80 bits per heavy atom. The molecular formula is C8H17NS. The zero-order valence-electron chi connectivity index (χ0n) is 6.73. The molecule has 10 heavy (non-hydrogen) atoms. The van der Waals surface area contributed by atoms with Crippen molar-refractivity contribution in [3.8, 4) is 0 Å². The van der Waals surface area contributed by atoms with Crippen molar-refractivity contribution in [1.29, 1.82) is 0 Å². The average molecular weight is 159 g/mol. The van der Waals surface area contributed by atoms with E-state index in [2.05, 4.69) is 11.6 Å². The van der Waals surface area contributed by atoms with E-state index in [1.807, 2.05) is 11.8 Å². The lowest BCUT2D eigenvalue weighted by Crippen LogP contribution is -2.18. The van der Waals surface area contributed by atoms with Crippen molar-refractivity contribution < 1.29 is 0 Å². The molecule has 1 saturated carbocycles. The van der Waals surface area contributed by atoms with Gasteiger partial charge in [-0.05, 0) is 25.1 Å². The van der Waals surface area contributed by atoms with Gasteiger partial charge in [-0.3, -0.25) is 0 Å². The first-order chi connectivity index (χ1) is 4.93. The molecule has 0 atom stereocenters. The molecule has 2 heteroatoms. The first-order valence-corrected chi connectivity index (χ1v) is 5.52. The molecule has 0 bridgehead atoms. The fourth-order valence-corrected chi connectivity index (χ4v) is 1.36. The van der Waals surface area contributed by atoms with Gasteiger partial charge in [0.2, 0.25) is 0 Å². The van der Waals surface area contributed by atoms with Gasteiger partial charge in [0.15, 0.2) is 0 Å². The number of rotatable bonds is 6. The molecule has 0 radical (unpaired) electrons.